The lowest BCUT2D eigenvalue weighted by atomic mass is 9.80. The molecule has 0 radical (unpaired) electrons. The van der Waals surface area contributed by atoms with Gasteiger partial charge in [0.05, 0.1) is 22.1 Å². The molecule has 0 bridgehead atoms. The van der Waals surface area contributed by atoms with E-state index in [-0.39, 0.29) is 5.41 Å². The van der Waals surface area contributed by atoms with Crippen LogP contribution in [0.3, 0.4) is 0 Å². The molecule has 8 aromatic carbocycles. The minimum Gasteiger partial charge on any atom is -0.307 e. The predicted octanol–water partition coefficient (Wildman–Crippen LogP) is 13.4. The molecular weight excluding hydrogens is 719 g/mol. The predicted molar refractivity (Wildman–Crippen MR) is 242 cm³/mol. The van der Waals surface area contributed by atoms with Crippen LogP contribution in [0, 0.1) is 0 Å². The molecule has 1 aliphatic rings. The summed E-state index contributed by atoms with van der Waals surface area (Å²) >= 11 is 0. The van der Waals surface area contributed by atoms with Crippen molar-refractivity contribution in [2.24, 2.45) is 0 Å². The molecule has 59 heavy (non-hydrogen) atoms. The van der Waals surface area contributed by atoms with E-state index >= 15 is 0 Å². The summed E-state index contributed by atoms with van der Waals surface area (Å²) in [4.78, 5) is 15.0. The molecule has 0 saturated heterocycles. The summed E-state index contributed by atoms with van der Waals surface area (Å²) in [5.74, 6) is 1.93. The first kappa shape index (κ1) is 33.5. The third kappa shape index (κ3) is 4.88. The molecule has 0 atom stereocenters. The number of fused-ring (bicyclic) bond motifs is 12. The highest BCUT2D eigenvalue weighted by atomic mass is 15.1. The number of benzene rings is 8. The van der Waals surface area contributed by atoms with Crippen LogP contribution in [0.4, 0.5) is 0 Å². The van der Waals surface area contributed by atoms with Crippen molar-refractivity contribution in [1.82, 2.24) is 24.1 Å². The fraction of sp³-hybridized carbons (Fsp3) is 0.0556. The average molecular weight is 756 g/mol. The van der Waals surface area contributed by atoms with Crippen LogP contribution in [0.5, 0.6) is 0 Å². The number of rotatable bonds is 5. The summed E-state index contributed by atoms with van der Waals surface area (Å²) in [5, 5.41) is 5.08. The lowest BCUT2D eigenvalue weighted by Crippen LogP contribution is -2.15. The topological polar surface area (TPSA) is 48.5 Å². The molecule has 3 aromatic heterocycles. The lowest BCUT2D eigenvalue weighted by molar-refractivity contribution is 0.667. The molecule has 0 amide bonds. The fourth-order valence-electron chi connectivity index (χ4n) is 9.77. The molecule has 0 fully saturated rings. The van der Waals surface area contributed by atoms with Crippen molar-refractivity contribution < 1.29 is 0 Å². The Morgan fingerprint density at radius 1 is 0.390 bits per heavy atom. The molecule has 0 saturated carbocycles. The van der Waals surface area contributed by atoms with E-state index in [4.69, 9.17) is 15.0 Å². The van der Waals surface area contributed by atoms with Gasteiger partial charge in [0.2, 0.25) is 0 Å². The van der Waals surface area contributed by atoms with Gasteiger partial charge in [-0.3, -0.25) is 0 Å². The Kier molecular flexibility index (Phi) is 7.20. The maximum absolute atomic E-state index is 5.04. The summed E-state index contributed by atoms with van der Waals surface area (Å²) in [6, 6.07) is 66.8. The SMILES string of the molecule is CC1(C)c2ccccc2-c2c1c1c3ccccc3n(-c3ccc(-c4nc(-c5ccccc5)nc(-c5ccccc5)n4)cc3)c1c1c2c2ccccc2n1-c1ccccc1. The summed E-state index contributed by atoms with van der Waals surface area (Å²) in [6.45, 7) is 4.81. The molecule has 0 spiro atoms. The van der Waals surface area contributed by atoms with E-state index in [0.717, 1.165) is 28.1 Å². The van der Waals surface area contributed by atoms with E-state index in [1.165, 1.54) is 65.9 Å². The first-order valence-corrected chi connectivity index (χ1v) is 20.2. The van der Waals surface area contributed by atoms with Crippen LogP contribution >= 0.6 is 0 Å². The maximum Gasteiger partial charge on any atom is 0.164 e. The second kappa shape index (κ2) is 12.7. The highest BCUT2D eigenvalue weighted by molar-refractivity contribution is 6.31. The molecule has 5 nitrogen and oxygen atoms in total. The average Bonchev–Trinajstić information content (AvgIpc) is 3.90. The van der Waals surface area contributed by atoms with Crippen molar-refractivity contribution in [1.29, 1.82) is 0 Å². The van der Waals surface area contributed by atoms with Gasteiger partial charge < -0.3 is 9.13 Å². The van der Waals surface area contributed by atoms with E-state index in [2.05, 4.69) is 150 Å². The number of hydrogen-bond acceptors (Lipinski definition) is 3. The minimum absolute atomic E-state index is 0.237. The fourth-order valence-corrected chi connectivity index (χ4v) is 9.77. The lowest BCUT2D eigenvalue weighted by Gasteiger charge is -2.23. The summed E-state index contributed by atoms with van der Waals surface area (Å²) in [5.41, 5.74) is 15.0. The van der Waals surface area contributed by atoms with Gasteiger partial charge in [-0.15, -0.1) is 0 Å². The van der Waals surface area contributed by atoms with E-state index in [0.29, 0.717) is 17.5 Å². The van der Waals surface area contributed by atoms with Gasteiger partial charge in [-0.1, -0.05) is 153 Å². The van der Waals surface area contributed by atoms with Crippen molar-refractivity contribution >= 4 is 43.6 Å². The van der Waals surface area contributed by atoms with Crippen LogP contribution in [0.25, 0.3) is 100 Å². The van der Waals surface area contributed by atoms with Crippen molar-refractivity contribution in [3.05, 3.63) is 199 Å². The Bertz CT molecular complexity index is 3380. The Labute approximate surface area is 341 Å². The molecule has 1 aliphatic carbocycles. The molecule has 3 heterocycles. The summed E-state index contributed by atoms with van der Waals surface area (Å²) in [7, 11) is 0. The van der Waals surface area contributed by atoms with Gasteiger partial charge in [0.15, 0.2) is 17.5 Å². The van der Waals surface area contributed by atoms with E-state index in [1.54, 1.807) is 0 Å². The smallest absolute Gasteiger partial charge is 0.164 e. The van der Waals surface area contributed by atoms with Crippen molar-refractivity contribution in [3.63, 3.8) is 0 Å². The number of hydrogen-bond donors (Lipinski definition) is 0. The van der Waals surface area contributed by atoms with E-state index < -0.39 is 0 Å². The van der Waals surface area contributed by atoms with Gasteiger partial charge in [0.25, 0.3) is 0 Å². The largest absolute Gasteiger partial charge is 0.307 e. The highest BCUT2D eigenvalue weighted by Gasteiger charge is 2.41. The minimum atomic E-state index is -0.237. The van der Waals surface area contributed by atoms with Crippen molar-refractivity contribution in [2.75, 3.05) is 0 Å². The van der Waals surface area contributed by atoms with E-state index in [1.807, 2.05) is 60.7 Å². The van der Waals surface area contributed by atoms with Crippen LogP contribution in [0.2, 0.25) is 0 Å². The van der Waals surface area contributed by atoms with Crippen molar-refractivity contribution in [3.8, 4) is 56.7 Å². The van der Waals surface area contributed by atoms with Crippen LogP contribution < -0.4 is 0 Å². The van der Waals surface area contributed by atoms with Gasteiger partial charge in [-0.05, 0) is 70.8 Å². The zero-order valence-electron chi connectivity index (χ0n) is 32.6. The Morgan fingerprint density at radius 2 is 0.814 bits per heavy atom. The van der Waals surface area contributed by atoms with Crippen LogP contribution in [-0.2, 0) is 5.41 Å². The Morgan fingerprint density at radius 3 is 1.39 bits per heavy atom. The molecule has 5 heteroatoms. The second-order valence-electron chi connectivity index (χ2n) is 16.0. The normalized spacial score (nSPS) is 13.1. The van der Waals surface area contributed by atoms with E-state index in [9.17, 15) is 0 Å². The molecule has 0 N–H and O–H groups in total. The molecule has 0 unspecified atom stereocenters. The quantitative estimate of drug-likeness (QED) is 0.176. The molecule has 278 valence electrons. The van der Waals surface area contributed by atoms with Gasteiger partial charge in [-0.2, -0.15) is 0 Å². The third-order valence-electron chi connectivity index (χ3n) is 12.3. The van der Waals surface area contributed by atoms with Crippen LogP contribution in [0.1, 0.15) is 25.0 Å². The maximum atomic E-state index is 5.04. The number of para-hydroxylation sites is 3. The monoisotopic (exact) mass is 755 g/mol. The summed E-state index contributed by atoms with van der Waals surface area (Å²) < 4.78 is 4.98. The van der Waals surface area contributed by atoms with Crippen LogP contribution in [-0.4, -0.2) is 24.1 Å². The standard InChI is InChI=1S/C54H37N5/c1-54(2)42-27-15-12-24-39(42)45-46-40-25-13-16-28-43(40)58(37-22-10-5-11-23-37)49(46)50-47(48(45)54)41-26-14-17-29-44(41)59(50)38-32-30-36(31-33-38)53-56-51(34-18-6-3-7-19-34)55-52(57-53)35-20-8-4-9-21-35/h3-33H,1-2H3. The van der Waals surface area contributed by atoms with Gasteiger partial charge in [0, 0.05) is 55.0 Å². The zero-order chi connectivity index (χ0) is 39.2. The third-order valence-corrected chi connectivity index (χ3v) is 12.3. The Balaban J connectivity index is 1.17. The van der Waals surface area contributed by atoms with Crippen LogP contribution in [0.15, 0.2) is 188 Å². The zero-order valence-corrected chi connectivity index (χ0v) is 32.6. The highest BCUT2D eigenvalue weighted by Crippen LogP contribution is 2.58. The first-order valence-electron chi connectivity index (χ1n) is 20.2. The Hall–Kier alpha value is -7.63. The summed E-state index contributed by atoms with van der Waals surface area (Å²) in [6.07, 6.45) is 0. The van der Waals surface area contributed by atoms with Gasteiger partial charge in [0.1, 0.15) is 0 Å². The number of aromatic nitrogens is 5. The van der Waals surface area contributed by atoms with Crippen molar-refractivity contribution in [2.45, 2.75) is 19.3 Å². The van der Waals surface area contributed by atoms with Gasteiger partial charge in [-0.25, -0.2) is 15.0 Å². The van der Waals surface area contributed by atoms with Gasteiger partial charge >= 0.3 is 0 Å². The molecular formula is C54H37N5. The molecule has 0 aliphatic heterocycles. The molecule has 11 aromatic rings. The first-order chi connectivity index (χ1) is 29.1. The molecule has 12 rings (SSSR count). The second-order valence-corrected chi connectivity index (χ2v) is 16.0. The number of nitrogens with zero attached hydrogens (tertiary/aromatic N) is 5.